The van der Waals surface area contributed by atoms with Gasteiger partial charge >= 0.3 is 5.97 Å². The van der Waals surface area contributed by atoms with Crippen LogP contribution >= 0.6 is 0 Å². The number of esters is 1. The third-order valence-corrected chi connectivity index (χ3v) is 3.21. The van der Waals surface area contributed by atoms with Crippen LogP contribution in [-0.4, -0.2) is 23.7 Å². The molecule has 0 saturated heterocycles. The predicted octanol–water partition coefficient (Wildman–Crippen LogP) is 3.17. The van der Waals surface area contributed by atoms with Gasteiger partial charge in [-0.15, -0.1) is 0 Å². The van der Waals surface area contributed by atoms with Crippen LogP contribution in [0, 0.1) is 0 Å². The van der Waals surface area contributed by atoms with Crippen molar-refractivity contribution >= 4 is 5.97 Å². The lowest BCUT2D eigenvalue weighted by Gasteiger charge is -2.12. The molecule has 0 heterocycles. The smallest absolute Gasteiger partial charge is 0.323 e. The Morgan fingerprint density at radius 3 is 2.21 bits per heavy atom. The van der Waals surface area contributed by atoms with Gasteiger partial charge in [0, 0.05) is 0 Å². The van der Waals surface area contributed by atoms with E-state index in [4.69, 9.17) is 15.2 Å². The van der Waals surface area contributed by atoms with Crippen molar-refractivity contribution in [3.05, 3.63) is 66.2 Å². The lowest BCUT2D eigenvalue weighted by atomic mass is 10.1. The largest absolute Gasteiger partial charge is 0.508 e. The summed E-state index contributed by atoms with van der Waals surface area (Å²) >= 11 is 0. The fourth-order valence-electron chi connectivity index (χ4n) is 1.98. The number of ether oxygens (including phenoxy) is 2. The molecule has 126 valence electrons. The normalized spacial score (nSPS) is 11.6. The average Bonchev–Trinajstić information content (AvgIpc) is 2.56. The first-order chi connectivity index (χ1) is 11.4. The van der Waals surface area contributed by atoms with Crippen LogP contribution in [0.25, 0.3) is 0 Å². The van der Waals surface area contributed by atoms with E-state index in [1.165, 1.54) is 0 Å². The molecule has 1 atom stereocenters. The molecule has 0 aliphatic carbocycles. The summed E-state index contributed by atoms with van der Waals surface area (Å²) < 4.78 is 10.7. The zero-order chi connectivity index (χ0) is 17.5. The molecule has 0 spiro atoms. The molecule has 0 saturated carbocycles. The second kappa shape index (κ2) is 8.17. The van der Waals surface area contributed by atoms with Crippen molar-refractivity contribution in [2.24, 2.45) is 5.73 Å². The van der Waals surface area contributed by atoms with Gasteiger partial charge in [-0.05, 0) is 60.9 Å². The Morgan fingerprint density at radius 1 is 1.12 bits per heavy atom. The third-order valence-electron chi connectivity index (χ3n) is 3.21. The maximum atomic E-state index is 11.8. The van der Waals surface area contributed by atoms with E-state index in [9.17, 15) is 9.90 Å². The zero-order valence-electron chi connectivity index (χ0n) is 13.6. The molecule has 0 aromatic heterocycles. The number of carbonyl (C=O) groups excluding carboxylic acids is 1. The first-order valence-corrected chi connectivity index (χ1v) is 7.56. The average molecular weight is 327 g/mol. The van der Waals surface area contributed by atoms with Crippen molar-refractivity contribution in [2.75, 3.05) is 6.61 Å². The number of aromatic hydroxyl groups is 1. The Bertz CT molecular complexity index is 692. The Morgan fingerprint density at radius 2 is 1.67 bits per heavy atom. The van der Waals surface area contributed by atoms with Crippen LogP contribution in [0.5, 0.6) is 17.2 Å². The van der Waals surface area contributed by atoms with Crippen molar-refractivity contribution in [1.29, 1.82) is 0 Å². The van der Waals surface area contributed by atoms with E-state index in [2.05, 4.69) is 6.58 Å². The van der Waals surface area contributed by atoms with Gasteiger partial charge in [0.25, 0.3) is 0 Å². The van der Waals surface area contributed by atoms with Gasteiger partial charge in [-0.3, -0.25) is 4.79 Å². The maximum absolute atomic E-state index is 11.8. The van der Waals surface area contributed by atoms with Crippen LogP contribution < -0.4 is 10.5 Å². The Hall–Kier alpha value is -2.79. The molecule has 5 nitrogen and oxygen atoms in total. The van der Waals surface area contributed by atoms with Crippen LogP contribution in [0.2, 0.25) is 0 Å². The van der Waals surface area contributed by atoms with E-state index in [1.807, 2.05) is 12.1 Å². The summed E-state index contributed by atoms with van der Waals surface area (Å²) in [6.07, 6.45) is 0.383. The third kappa shape index (κ3) is 5.44. The molecule has 2 rings (SSSR count). The fraction of sp³-hybridized carbons (Fsp3) is 0.211. The molecule has 0 aliphatic heterocycles. The summed E-state index contributed by atoms with van der Waals surface area (Å²) in [6, 6.07) is 13.0. The Kier molecular flexibility index (Phi) is 5.98. The van der Waals surface area contributed by atoms with Crippen molar-refractivity contribution in [2.45, 2.75) is 19.4 Å². The van der Waals surface area contributed by atoms with Gasteiger partial charge < -0.3 is 20.3 Å². The number of hydrogen-bond donors (Lipinski definition) is 2. The number of nitrogens with two attached hydrogens (primary N) is 1. The molecule has 0 unspecified atom stereocenters. The quantitative estimate of drug-likeness (QED) is 0.603. The maximum Gasteiger partial charge on any atom is 0.323 e. The number of benzene rings is 2. The van der Waals surface area contributed by atoms with Crippen molar-refractivity contribution < 1.29 is 19.4 Å². The highest BCUT2D eigenvalue weighted by molar-refractivity contribution is 5.76. The molecule has 0 fully saturated rings. The summed E-state index contributed by atoms with van der Waals surface area (Å²) in [6.45, 7) is 5.64. The van der Waals surface area contributed by atoms with Crippen LogP contribution in [-0.2, 0) is 16.0 Å². The highest BCUT2D eigenvalue weighted by Crippen LogP contribution is 2.23. The highest BCUT2D eigenvalue weighted by atomic mass is 16.5. The molecule has 5 heteroatoms. The van der Waals surface area contributed by atoms with Gasteiger partial charge in [0.1, 0.15) is 29.9 Å². The number of phenolic OH excluding ortho intramolecular Hbond substituents is 1. The van der Waals surface area contributed by atoms with Gasteiger partial charge in [-0.25, -0.2) is 0 Å². The summed E-state index contributed by atoms with van der Waals surface area (Å²) in [5, 5.41) is 9.25. The second-order valence-corrected chi connectivity index (χ2v) is 5.62. The van der Waals surface area contributed by atoms with E-state index >= 15 is 0 Å². The van der Waals surface area contributed by atoms with Crippen LogP contribution in [0.4, 0.5) is 0 Å². The van der Waals surface area contributed by atoms with Crippen LogP contribution in [0.15, 0.2) is 60.7 Å². The lowest BCUT2D eigenvalue weighted by Crippen LogP contribution is -2.34. The Labute approximate surface area is 141 Å². The molecule has 0 aliphatic rings. The van der Waals surface area contributed by atoms with E-state index in [-0.39, 0.29) is 12.4 Å². The van der Waals surface area contributed by atoms with E-state index < -0.39 is 12.0 Å². The van der Waals surface area contributed by atoms with E-state index in [1.54, 1.807) is 43.3 Å². The molecule has 2 aromatic carbocycles. The van der Waals surface area contributed by atoms with Crippen molar-refractivity contribution in [1.82, 2.24) is 0 Å². The summed E-state index contributed by atoms with van der Waals surface area (Å²) in [5.41, 5.74) is 7.53. The monoisotopic (exact) mass is 327 g/mol. The van der Waals surface area contributed by atoms with E-state index in [0.29, 0.717) is 17.9 Å². The van der Waals surface area contributed by atoms with Gasteiger partial charge in [-0.2, -0.15) is 0 Å². The van der Waals surface area contributed by atoms with Gasteiger partial charge in [0.15, 0.2) is 0 Å². The zero-order valence-corrected chi connectivity index (χ0v) is 13.6. The summed E-state index contributed by atoms with van der Waals surface area (Å²) in [4.78, 5) is 11.8. The summed E-state index contributed by atoms with van der Waals surface area (Å²) in [7, 11) is 0. The lowest BCUT2D eigenvalue weighted by molar-refractivity contribution is -0.144. The minimum atomic E-state index is -0.715. The molecular weight excluding hydrogens is 306 g/mol. The summed E-state index contributed by atoms with van der Waals surface area (Å²) in [5.74, 6) is 1.02. The second-order valence-electron chi connectivity index (χ2n) is 5.62. The number of rotatable bonds is 7. The first kappa shape index (κ1) is 17.6. The van der Waals surface area contributed by atoms with Crippen LogP contribution in [0.1, 0.15) is 12.5 Å². The molecule has 0 radical (unpaired) electrons. The minimum Gasteiger partial charge on any atom is -0.508 e. The minimum absolute atomic E-state index is 0.185. The number of carbonyl (C=O) groups is 1. The first-order valence-electron chi connectivity index (χ1n) is 7.56. The van der Waals surface area contributed by atoms with Gasteiger partial charge in [0.2, 0.25) is 0 Å². The van der Waals surface area contributed by atoms with Gasteiger partial charge in [-0.1, -0.05) is 18.7 Å². The standard InChI is InChI=1S/C19H21NO4/c1-13(2)12-23-19(22)18(20)11-14-3-7-16(8-4-14)24-17-9-5-15(21)6-10-17/h3-10,18,21H,1,11-12,20H2,2H3/t18-/m0/s1. The topological polar surface area (TPSA) is 81.8 Å². The SMILES string of the molecule is C=C(C)COC(=O)[C@@H](N)Cc1ccc(Oc2ccc(O)cc2)cc1. The predicted molar refractivity (Wildman–Crippen MR) is 92.1 cm³/mol. The molecule has 24 heavy (non-hydrogen) atoms. The molecule has 3 N–H and O–H groups in total. The molecule has 0 bridgehead atoms. The number of hydrogen-bond acceptors (Lipinski definition) is 5. The molecule has 0 amide bonds. The highest BCUT2D eigenvalue weighted by Gasteiger charge is 2.15. The van der Waals surface area contributed by atoms with Gasteiger partial charge in [0.05, 0.1) is 0 Å². The van der Waals surface area contributed by atoms with Crippen molar-refractivity contribution in [3.8, 4) is 17.2 Å². The number of phenols is 1. The Balaban J connectivity index is 1.90. The van der Waals surface area contributed by atoms with Crippen molar-refractivity contribution in [3.63, 3.8) is 0 Å². The van der Waals surface area contributed by atoms with Crippen LogP contribution in [0.3, 0.4) is 0 Å². The fourth-order valence-corrected chi connectivity index (χ4v) is 1.98. The van der Waals surface area contributed by atoms with E-state index in [0.717, 1.165) is 11.1 Å². The molecular formula is C19H21NO4. The molecule has 2 aromatic rings.